The number of ether oxygens (including phenoxy) is 1. The molecule has 4 heteroatoms. The van der Waals surface area contributed by atoms with E-state index in [1.165, 1.54) is 0 Å². The molecule has 1 aliphatic rings. The molecule has 0 aliphatic carbocycles. The van der Waals surface area contributed by atoms with Crippen LogP contribution in [0.2, 0.25) is 0 Å². The molecule has 112 valence electrons. The van der Waals surface area contributed by atoms with Gasteiger partial charge in [-0.3, -0.25) is 4.79 Å². The van der Waals surface area contributed by atoms with Gasteiger partial charge in [-0.25, -0.2) is 0 Å². The Hall–Kier alpha value is -2.02. The van der Waals surface area contributed by atoms with Gasteiger partial charge in [0.2, 0.25) is 5.91 Å². The molecule has 2 rings (SSSR count). The van der Waals surface area contributed by atoms with E-state index in [2.05, 4.69) is 13.0 Å². The lowest BCUT2D eigenvalue weighted by Crippen LogP contribution is -2.34. The summed E-state index contributed by atoms with van der Waals surface area (Å²) in [5.41, 5.74) is 0.533. The lowest BCUT2D eigenvalue weighted by Gasteiger charge is -2.21. The lowest BCUT2D eigenvalue weighted by molar-refractivity contribution is -0.131. The molecule has 21 heavy (non-hydrogen) atoms. The molecule has 4 nitrogen and oxygen atoms in total. The Balaban J connectivity index is 1.85. The highest BCUT2D eigenvalue weighted by molar-refractivity contribution is 5.76. The number of carbonyl (C=O) groups is 1. The molecule has 1 heterocycles. The van der Waals surface area contributed by atoms with E-state index in [1.807, 2.05) is 17.0 Å². The minimum atomic E-state index is 0.225. The number of rotatable bonds is 5. The van der Waals surface area contributed by atoms with Gasteiger partial charge in [0.05, 0.1) is 12.1 Å². The smallest absolute Gasteiger partial charge is 0.222 e. The van der Waals surface area contributed by atoms with Gasteiger partial charge in [0.15, 0.2) is 0 Å². The number of para-hydroxylation sites is 1. The summed E-state index contributed by atoms with van der Waals surface area (Å²) in [6, 6.07) is 9.29. The molecule has 0 radical (unpaired) electrons. The summed E-state index contributed by atoms with van der Waals surface area (Å²) < 4.78 is 5.66. The maximum Gasteiger partial charge on any atom is 0.222 e. The number of carbonyl (C=O) groups excluding carboxylic acids is 1. The van der Waals surface area contributed by atoms with Crippen molar-refractivity contribution >= 4 is 5.91 Å². The van der Waals surface area contributed by atoms with Gasteiger partial charge in [0, 0.05) is 13.0 Å². The molecule has 1 atom stereocenters. The molecule has 1 amide bonds. The predicted octanol–water partition coefficient (Wildman–Crippen LogP) is 2.98. The fraction of sp³-hybridized carbons (Fsp3) is 0.529. The summed E-state index contributed by atoms with van der Waals surface area (Å²) in [6.45, 7) is 4.03. The standard InChI is InChI=1S/C17H22N2O2/c1-2-14-7-8-17(20)19(10-9-14)11-12-21-16-6-4-3-5-15(16)13-18/h3-6,14H,2,7-12H2,1H3. The first-order valence-corrected chi connectivity index (χ1v) is 7.64. The molecular weight excluding hydrogens is 264 g/mol. The van der Waals surface area contributed by atoms with E-state index in [0.29, 0.717) is 36.8 Å². The predicted molar refractivity (Wildman–Crippen MR) is 80.9 cm³/mol. The van der Waals surface area contributed by atoms with E-state index in [1.54, 1.807) is 12.1 Å². The van der Waals surface area contributed by atoms with Crippen molar-refractivity contribution in [2.24, 2.45) is 5.92 Å². The fourth-order valence-corrected chi connectivity index (χ4v) is 2.69. The Bertz CT molecular complexity index is 522. The molecule has 1 unspecified atom stereocenters. The van der Waals surface area contributed by atoms with Crippen molar-refractivity contribution in [1.82, 2.24) is 4.90 Å². The van der Waals surface area contributed by atoms with E-state index in [0.717, 1.165) is 25.8 Å². The van der Waals surface area contributed by atoms with Crippen molar-refractivity contribution in [3.8, 4) is 11.8 Å². The Kier molecular flexibility index (Phi) is 5.62. The zero-order chi connectivity index (χ0) is 15.1. The Labute approximate surface area is 126 Å². The molecule has 0 spiro atoms. The van der Waals surface area contributed by atoms with Gasteiger partial charge in [0.1, 0.15) is 18.4 Å². The van der Waals surface area contributed by atoms with Crippen LogP contribution in [0.1, 0.15) is 38.2 Å². The van der Waals surface area contributed by atoms with Crippen molar-refractivity contribution in [1.29, 1.82) is 5.26 Å². The summed E-state index contributed by atoms with van der Waals surface area (Å²) >= 11 is 0. The fourth-order valence-electron chi connectivity index (χ4n) is 2.69. The molecule has 1 aromatic rings. The molecular formula is C17H22N2O2. The van der Waals surface area contributed by atoms with E-state index in [9.17, 15) is 4.79 Å². The van der Waals surface area contributed by atoms with Gasteiger partial charge in [-0.15, -0.1) is 0 Å². The third-order valence-corrected chi connectivity index (χ3v) is 4.13. The van der Waals surface area contributed by atoms with E-state index < -0.39 is 0 Å². The highest BCUT2D eigenvalue weighted by atomic mass is 16.5. The van der Waals surface area contributed by atoms with Crippen LogP contribution in [0.5, 0.6) is 5.75 Å². The topological polar surface area (TPSA) is 53.3 Å². The highest BCUT2D eigenvalue weighted by Gasteiger charge is 2.21. The van der Waals surface area contributed by atoms with Gasteiger partial charge in [-0.05, 0) is 30.9 Å². The zero-order valence-corrected chi connectivity index (χ0v) is 12.5. The van der Waals surface area contributed by atoms with E-state index >= 15 is 0 Å². The van der Waals surface area contributed by atoms with Gasteiger partial charge in [0.25, 0.3) is 0 Å². The van der Waals surface area contributed by atoms with Crippen molar-refractivity contribution in [3.63, 3.8) is 0 Å². The van der Waals surface area contributed by atoms with Crippen molar-refractivity contribution in [2.75, 3.05) is 19.7 Å². The SMILES string of the molecule is CCC1CCC(=O)N(CCOc2ccccc2C#N)CC1. The molecule has 1 aromatic carbocycles. The molecule has 0 aromatic heterocycles. The quantitative estimate of drug-likeness (QED) is 0.836. The van der Waals surface area contributed by atoms with Crippen LogP contribution < -0.4 is 4.74 Å². The van der Waals surface area contributed by atoms with Crippen molar-refractivity contribution in [3.05, 3.63) is 29.8 Å². The number of amides is 1. The van der Waals surface area contributed by atoms with E-state index in [-0.39, 0.29) is 5.91 Å². The third-order valence-electron chi connectivity index (χ3n) is 4.13. The van der Waals surface area contributed by atoms with Crippen LogP contribution in [0.4, 0.5) is 0 Å². The second-order valence-electron chi connectivity index (χ2n) is 5.44. The van der Waals surface area contributed by atoms with Crippen LogP contribution in [0.15, 0.2) is 24.3 Å². The highest BCUT2D eigenvalue weighted by Crippen LogP contribution is 2.21. The minimum absolute atomic E-state index is 0.225. The van der Waals surface area contributed by atoms with Crippen LogP contribution in [-0.2, 0) is 4.79 Å². The number of nitriles is 1. The molecule has 0 bridgehead atoms. The van der Waals surface area contributed by atoms with Crippen LogP contribution in [-0.4, -0.2) is 30.5 Å². The average molecular weight is 286 g/mol. The zero-order valence-electron chi connectivity index (χ0n) is 12.5. The lowest BCUT2D eigenvalue weighted by atomic mass is 9.98. The normalized spacial score (nSPS) is 19.0. The molecule has 0 saturated carbocycles. The van der Waals surface area contributed by atoms with E-state index in [4.69, 9.17) is 10.00 Å². The van der Waals surface area contributed by atoms with Gasteiger partial charge >= 0.3 is 0 Å². The molecule has 0 N–H and O–H groups in total. The summed E-state index contributed by atoms with van der Waals surface area (Å²) in [5, 5.41) is 9.01. The summed E-state index contributed by atoms with van der Waals surface area (Å²) in [4.78, 5) is 14.0. The van der Waals surface area contributed by atoms with Crippen LogP contribution in [0.25, 0.3) is 0 Å². The first-order valence-electron chi connectivity index (χ1n) is 7.64. The Morgan fingerprint density at radius 2 is 2.19 bits per heavy atom. The monoisotopic (exact) mass is 286 g/mol. The number of benzene rings is 1. The number of hydrogen-bond acceptors (Lipinski definition) is 3. The van der Waals surface area contributed by atoms with Crippen molar-refractivity contribution in [2.45, 2.75) is 32.6 Å². The summed E-state index contributed by atoms with van der Waals surface area (Å²) in [6.07, 6.45) is 3.88. The first kappa shape index (κ1) is 15.4. The first-order chi connectivity index (χ1) is 10.2. The number of likely N-dealkylation sites (tertiary alicyclic amines) is 1. The van der Waals surface area contributed by atoms with Gasteiger partial charge in [-0.2, -0.15) is 5.26 Å². The average Bonchev–Trinajstić information content (AvgIpc) is 2.70. The molecule has 1 fully saturated rings. The Morgan fingerprint density at radius 1 is 1.38 bits per heavy atom. The number of hydrogen-bond donors (Lipinski definition) is 0. The van der Waals surface area contributed by atoms with Gasteiger partial charge < -0.3 is 9.64 Å². The Morgan fingerprint density at radius 3 is 2.95 bits per heavy atom. The van der Waals surface area contributed by atoms with Crippen molar-refractivity contribution < 1.29 is 9.53 Å². The van der Waals surface area contributed by atoms with Gasteiger partial charge in [-0.1, -0.05) is 25.5 Å². The second kappa shape index (κ2) is 7.68. The largest absolute Gasteiger partial charge is 0.490 e. The second-order valence-corrected chi connectivity index (χ2v) is 5.44. The third kappa shape index (κ3) is 4.22. The minimum Gasteiger partial charge on any atom is -0.490 e. The van der Waals surface area contributed by atoms with Crippen LogP contribution >= 0.6 is 0 Å². The molecule has 1 saturated heterocycles. The maximum atomic E-state index is 12.1. The van der Waals surface area contributed by atoms with Crippen LogP contribution in [0, 0.1) is 17.2 Å². The van der Waals surface area contributed by atoms with Crippen LogP contribution in [0.3, 0.4) is 0 Å². The summed E-state index contributed by atoms with van der Waals surface area (Å²) in [5.74, 6) is 1.48. The maximum absolute atomic E-state index is 12.1. The molecule has 1 aliphatic heterocycles. The number of nitrogens with zero attached hydrogens (tertiary/aromatic N) is 2. The summed E-state index contributed by atoms with van der Waals surface area (Å²) in [7, 11) is 0.